The molecule has 0 spiro atoms. The molecule has 3 atom stereocenters. The fraction of sp³-hybridized carbons (Fsp3) is 0.522. The number of furan rings is 1. The molecule has 2 rings (SSSR count). The fourth-order valence-corrected chi connectivity index (χ4v) is 3.85. The number of carboxylic acids is 2. The topological polar surface area (TPSA) is 234 Å². The average molecular weight is 507 g/mol. The van der Waals surface area contributed by atoms with Crippen LogP contribution in [0.4, 0.5) is 0 Å². The summed E-state index contributed by atoms with van der Waals surface area (Å²) >= 11 is 0. The number of rotatable bonds is 15. The van der Waals surface area contributed by atoms with Crippen molar-refractivity contribution in [1.82, 2.24) is 16.0 Å². The third-order valence-electron chi connectivity index (χ3n) is 5.65. The molecular weight excluding hydrogens is 472 g/mol. The Morgan fingerprint density at radius 3 is 2.61 bits per heavy atom. The van der Waals surface area contributed by atoms with Gasteiger partial charge in [0.25, 0.3) is 0 Å². The molecule has 0 fully saturated rings. The summed E-state index contributed by atoms with van der Waals surface area (Å²) in [5, 5.41) is 34.4. The minimum absolute atomic E-state index is 0.0198. The van der Waals surface area contributed by atoms with Gasteiger partial charge in [0, 0.05) is 32.4 Å². The molecule has 0 radical (unpaired) electrons. The number of amidine groups is 1. The summed E-state index contributed by atoms with van der Waals surface area (Å²) in [5.41, 5.74) is 12.2. The van der Waals surface area contributed by atoms with Gasteiger partial charge in [0.2, 0.25) is 11.8 Å². The highest BCUT2D eigenvalue weighted by atomic mass is 16.4. The molecule has 198 valence electrons. The maximum atomic E-state index is 12.3. The Labute approximate surface area is 208 Å². The number of amides is 2. The number of carbonyl (C=O) groups is 4. The molecule has 1 aromatic heterocycles. The SMILES string of the molecule is CCCc1oc(CC(NC(=O)CCCNC(=O)C(N)CC2=CCNC2C(=N)N)C(=O)O)cc1C(=O)O. The van der Waals surface area contributed by atoms with Crippen LogP contribution in [-0.4, -0.2) is 71.0 Å². The summed E-state index contributed by atoms with van der Waals surface area (Å²) in [4.78, 5) is 47.5. The number of hydrogen-bond acceptors (Lipinski definition) is 8. The van der Waals surface area contributed by atoms with Crippen molar-refractivity contribution in [1.29, 1.82) is 5.41 Å². The largest absolute Gasteiger partial charge is 0.480 e. The second-order valence-corrected chi connectivity index (χ2v) is 8.55. The third kappa shape index (κ3) is 8.20. The Bertz CT molecular complexity index is 1020. The number of carbonyl (C=O) groups excluding carboxylic acids is 2. The normalized spacial score (nSPS) is 16.6. The summed E-state index contributed by atoms with van der Waals surface area (Å²) in [6.45, 7) is 2.56. The fourth-order valence-electron chi connectivity index (χ4n) is 3.85. The number of aliphatic carboxylic acids is 1. The van der Waals surface area contributed by atoms with Crippen LogP contribution in [0.3, 0.4) is 0 Å². The predicted molar refractivity (Wildman–Crippen MR) is 130 cm³/mol. The lowest BCUT2D eigenvalue weighted by Crippen LogP contribution is -2.44. The van der Waals surface area contributed by atoms with Gasteiger partial charge in [0.05, 0.1) is 12.1 Å². The molecule has 2 amide bonds. The van der Waals surface area contributed by atoms with Crippen molar-refractivity contribution < 1.29 is 33.8 Å². The Balaban J connectivity index is 1.79. The first-order chi connectivity index (χ1) is 17.0. The molecule has 36 heavy (non-hydrogen) atoms. The molecule has 13 nitrogen and oxygen atoms in total. The molecule has 1 aliphatic heterocycles. The van der Waals surface area contributed by atoms with Crippen molar-refractivity contribution in [2.75, 3.05) is 13.1 Å². The Morgan fingerprint density at radius 1 is 1.28 bits per heavy atom. The summed E-state index contributed by atoms with van der Waals surface area (Å²) in [7, 11) is 0. The van der Waals surface area contributed by atoms with Gasteiger partial charge in [0.1, 0.15) is 29.0 Å². The second kappa shape index (κ2) is 13.4. The Hall–Kier alpha value is -3.71. The van der Waals surface area contributed by atoms with Crippen molar-refractivity contribution in [3.05, 3.63) is 34.8 Å². The van der Waals surface area contributed by atoms with E-state index in [1.807, 2.05) is 13.0 Å². The van der Waals surface area contributed by atoms with E-state index in [1.165, 1.54) is 6.07 Å². The van der Waals surface area contributed by atoms with Crippen molar-refractivity contribution in [3.63, 3.8) is 0 Å². The molecule has 0 bridgehead atoms. The van der Waals surface area contributed by atoms with E-state index in [1.54, 1.807) is 0 Å². The average Bonchev–Trinajstić information content (AvgIpc) is 3.43. The lowest BCUT2D eigenvalue weighted by molar-refractivity contribution is -0.141. The van der Waals surface area contributed by atoms with Crippen LogP contribution in [0.2, 0.25) is 0 Å². The van der Waals surface area contributed by atoms with Crippen LogP contribution in [0, 0.1) is 5.41 Å². The molecule has 2 heterocycles. The highest BCUT2D eigenvalue weighted by Gasteiger charge is 2.26. The van der Waals surface area contributed by atoms with Gasteiger partial charge in [-0.2, -0.15) is 0 Å². The van der Waals surface area contributed by atoms with E-state index in [2.05, 4.69) is 16.0 Å². The van der Waals surface area contributed by atoms with Crippen LogP contribution in [0.25, 0.3) is 0 Å². The quantitative estimate of drug-likeness (QED) is 0.0656. The molecular formula is C23H34N6O7. The Morgan fingerprint density at radius 2 is 2.00 bits per heavy atom. The third-order valence-corrected chi connectivity index (χ3v) is 5.65. The van der Waals surface area contributed by atoms with E-state index >= 15 is 0 Å². The zero-order valence-corrected chi connectivity index (χ0v) is 20.1. The molecule has 0 aliphatic carbocycles. The number of aryl methyl sites for hydroxylation is 1. The standard InChI is InChI=1S/C23H34N6O7/c1-2-4-17-14(22(32)33)10-13(36-17)11-16(23(34)35)29-18(30)5-3-7-28-21(31)15(24)9-12-6-8-27-19(12)20(25)26/h6,10,15-16,19,27H,2-5,7-9,11,24H2,1H3,(H3,25,26)(H,28,31)(H,29,30)(H,32,33)(H,34,35). The van der Waals surface area contributed by atoms with Gasteiger partial charge in [0.15, 0.2) is 0 Å². The zero-order chi connectivity index (χ0) is 26.8. The van der Waals surface area contributed by atoms with Gasteiger partial charge in [-0.05, 0) is 30.9 Å². The Kier molecular flexibility index (Phi) is 10.6. The second-order valence-electron chi connectivity index (χ2n) is 8.55. The lowest BCUT2D eigenvalue weighted by atomic mass is 10.0. The first kappa shape index (κ1) is 28.5. The summed E-state index contributed by atoms with van der Waals surface area (Å²) < 4.78 is 5.51. The van der Waals surface area contributed by atoms with E-state index in [0.29, 0.717) is 19.4 Å². The van der Waals surface area contributed by atoms with E-state index in [0.717, 1.165) is 5.57 Å². The maximum Gasteiger partial charge on any atom is 0.339 e. The molecule has 1 aromatic rings. The molecule has 0 saturated heterocycles. The van der Waals surface area contributed by atoms with Crippen LogP contribution >= 0.6 is 0 Å². The van der Waals surface area contributed by atoms with E-state index in [9.17, 15) is 29.4 Å². The van der Waals surface area contributed by atoms with Crippen LogP contribution < -0.4 is 27.4 Å². The van der Waals surface area contributed by atoms with E-state index in [4.69, 9.17) is 21.3 Å². The molecule has 13 heteroatoms. The van der Waals surface area contributed by atoms with E-state index in [-0.39, 0.29) is 55.1 Å². The zero-order valence-electron chi connectivity index (χ0n) is 20.1. The number of nitrogens with two attached hydrogens (primary N) is 2. The van der Waals surface area contributed by atoms with Gasteiger partial charge in [-0.1, -0.05) is 13.0 Å². The molecule has 0 saturated carbocycles. The minimum Gasteiger partial charge on any atom is -0.480 e. The predicted octanol–water partition coefficient (Wildman–Crippen LogP) is -0.510. The molecule has 1 aliphatic rings. The van der Waals surface area contributed by atoms with Gasteiger partial charge >= 0.3 is 11.9 Å². The highest BCUT2D eigenvalue weighted by Crippen LogP contribution is 2.19. The number of aromatic carboxylic acids is 1. The van der Waals surface area contributed by atoms with Gasteiger partial charge in [-0.25, -0.2) is 9.59 Å². The first-order valence-corrected chi connectivity index (χ1v) is 11.7. The number of carboxylic acid groups (broad SMARTS) is 2. The van der Waals surface area contributed by atoms with Crippen molar-refractivity contribution in [2.45, 2.75) is 63.6 Å². The monoisotopic (exact) mass is 506 g/mol. The van der Waals surface area contributed by atoms with Gasteiger partial charge in [-0.3, -0.25) is 15.0 Å². The highest BCUT2D eigenvalue weighted by molar-refractivity contribution is 5.89. The lowest BCUT2D eigenvalue weighted by Gasteiger charge is -2.18. The van der Waals surface area contributed by atoms with E-state index < -0.39 is 41.9 Å². The summed E-state index contributed by atoms with van der Waals surface area (Å²) in [6, 6.07) is -1.29. The van der Waals surface area contributed by atoms with Gasteiger partial charge < -0.3 is 42.0 Å². The number of nitrogens with one attached hydrogen (secondary N) is 4. The number of hydrogen-bond donors (Lipinski definition) is 8. The maximum absolute atomic E-state index is 12.3. The van der Waals surface area contributed by atoms with Gasteiger partial charge in [-0.15, -0.1) is 0 Å². The summed E-state index contributed by atoms with van der Waals surface area (Å²) in [6.07, 6.45) is 3.14. The van der Waals surface area contributed by atoms with Crippen molar-refractivity contribution >= 4 is 29.6 Å². The first-order valence-electron chi connectivity index (χ1n) is 11.7. The molecule has 3 unspecified atom stereocenters. The van der Waals surface area contributed by atoms with Crippen molar-refractivity contribution in [2.24, 2.45) is 11.5 Å². The molecule has 0 aromatic carbocycles. The van der Waals surface area contributed by atoms with Crippen LogP contribution in [0.1, 0.15) is 54.5 Å². The van der Waals surface area contributed by atoms with Crippen LogP contribution in [0.15, 0.2) is 22.1 Å². The van der Waals surface area contributed by atoms with Crippen molar-refractivity contribution in [3.8, 4) is 0 Å². The van der Waals surface area contributed by atoms with Crippen LogP contribution in [-0.2, 0) is 27.2 Å². The molecule has 10 N–H and O–H groups in total. The van der Waals surface area contributed by atoms with Crippen LogP contribution in [0.5, 0.6) is 0 Å². The summed E-state index contributed by atoms with van der Waals surface area (Å²) in [5.74, 6) is -3.03. The minimum atomic E-state index is -1.30. The smallest absolute Gasteiger partial charge is 0.339 e.